The van der Waals surface area contributed by atoms with Gasteiger partial charge >= 0.3 is 0 Å². The van der Waals surface area contributed by atoms with Gasteiger partial charge in [-0.3, -0.25) is 4.79 Å². The fourth-order valence-electron chi connectivity index (χ4n) is 2.05. The van der Waals surface area contributed by atoms with Gasteiger partial charge in [0.05, 0.1) is 6.42 Å². The number of nitrogens with two attached hydrogens (primary N) is 1. The molecule has 3 nitrogen and oxygen atoms in total. The smallest absolute Gasteiger partial charge is 0.228 e. The number of hydrogen-bond donors (Lipinski definition) is 2. The molecule has 0 fully saturated rings. The molecule has 92 valence electrons. The normalized spacial score (nSPS) is 16.6. The molecule has 17 heavy (non-hydrogen) atoms. The van der Waals surface area contributed by atoms with E-state index in [1.165, 1.54) is 0 Å². The molecule has 0 bridgehead atoms. The lowest BCUT2D eigenvalue weighted by molar-refractivity contribution is -0.115. The van der Waals surface area contributed by atoms with Gasteiger partial charge < -0.3 is 11.1 Å². The molecule has 1 unspecified atom stereocenters. The fraction of sp³-hybridized carbons (Fsp3) is 0.462. The molecule has 0 radical (unpaired) electrons. The Morgan fingerprint density at radius 1 is 1.41 bits per heavy atom. The number of carbonyl (C=O) groups is 1. The average Bonchev–Trinajstić information content (AvgIpc) is 2.54. The first-order valence-corrected chi connectivity index (χ1v) is 6.46. The van der Waals surface area contributed by atoms with Crippen molar-refractivity contribution in [2.45, 2.75) is 33.2 Å². The van der Waals surface area contributed by atoms with Crippen molar-refractivity contribution in [1.29, 1.82) is 0 Å². The molecule has 1 amide bonds. The van der Waals surface area contributed by atoms with E-state index in [9.17, 15) is 4.79 Å². The van der Waals surface area contributed by atoms with Crippen molar-refractivity contribution in [2.24, 2.45) is 11.1 Å². The molecule has 3 N–H and O–H groups in total. The Hall–Kier alpha value is -0.870. The number of carbonyl (C=O) groups excluding carboxylic acids is 1. The van der Waals surface area contributed by atoms with Crippen LogP contribution in [0.4, 0.5) is 5.69 Å². The molecular weight excluding hydrogens is 280 g/mol. The van der Waals surface area contributed by atoms with Crippen molar-refractivity contribution in [3.05, 3.63) is 27.7 Å². The summed E-state index contributed by atoms with van der Waals surface area (Å²) in [5.74, 6) is 0.0421. The number of anilines is 1. The van der Waals surface area contributed by atoms with Crippen LogP contribution in [0.2, 0.25) is 0 Å². The summed E-state index contributed by atoms with van der Waals surface area (Å²) < 4.78 is 0.974. The quantitative estimate of drug-likeness (QED) is 0.837. The van der Waals surface area contributed by atoms with Crippen LogP contribution in [0.15, 0.2) is 16.6 Å². The maximum Gasteiger partial charge on any atom is 0.228 e. The van der Waals surface area contributed by atoms with Crippen molar-refractivity contribution in [2.75, 3.05) is 5.32 Å². The van der Waals surface area contributed by atoms with Gasteiger partial charge in [0, 0.05) is 16.2 Å². The Morgan fingerprint density at radius 2 is 2.06 bits per heavy atom. The Balaban J connectivity index is 2.52. The third kappa shape index (κ3) is 2.38. The van der Waals surface area contributed by atoms with Gasteiger partial charge in [0.2, 0.25) is 5.91 Å². The highest BCUT2D eigenvalue weighted by Crippen LogP contribution is 2.39. The number of fused-ring (bicyclic) bond motifs is 1. The zero-order valence-electron chi connectivity index (χ0n) is 10.3. The highest BCUT2D eigenvalue weighted by Gasteiger charge is 2.29. The summed E-state index contributed by atoms with van der Waals surface area (Å²) in [6.45, 7) is 6.30. The maximum absolute atomic E-state index is 11.5. The van der Waals surface area contributed by atoms with Crippen LogP contribution in [0.3, 0.4) is 0 Å². The average molecular weight is 297 g/mol. The van der Waals surface area contributed by atoms with Crippen LogP contribution in [-0.2, 0) is 11.2 Å². The Morgan fingerprint density at radius 3 is 2.65 bits per heavy atom. The minimum absolute atomic E-state index is 0.0398. The van der Waals surface area contributed by atoms with Crippen LogP contribution >= 0.6 is 15.9 Å². The lowest BCUT2D eigenvalue weighted by Crippen LogP contribution is -2.27. The predicted octanol–water partition coefficient (Wildman–Crippen LogP) is 2.99. The first-order valence-electron chi connectivity index (χ1n) is 5.67. The third-order valence-electron chi connectivity index (χ3n) is 3.10. The number of benzene rings is 1. The molecule has 1 heterocycles. The van der Waals surface area contributed by atoms with Crippen LogP contribution < -0.4 is 11.1 Å². The van der Waals surface area contributed by atoms with Crippen molar-refractivity contribution in [3.8, 4) is 0 Å². The minimum atomic E-state index is -0.104. The van der Waals surface area contributed by atoms with E-state index < -0.39 is 0 Å². The Bertz CT molecular complexity index is 477. The van der Waals surface area contributed by atoms with Crippen molar-refractivity contribution in [3.63, 3.8) is 0 Å². The minimum Gasteiger partial charge on any atom is -0.325 e. The van der Waals surface area contributed by atoms with Crippen molar-refractivity contribution in [1.82, 2.24) is 0 Å². The third-order valence-corrected chi connectivity index (χ3v) is 3.56. The van der Waals surface area contributed by atoms with Crippen LogP contribution in [0.1, 0.15) is 37.9 Å². The number of rotatable bonds is 1. The van der Waals surface area contributed by atoms with Gasteiger partial charge in [0.25, 0.3) is 0 Å². The molecule has 1 aromatic rings. The number of hydrogen-bond acceptors (Lipinski definition) is 2. The molecule has 0 aromatic heterocycles. The van der Waals surface area contributed by atoms with Crippen LogP contribution in [0.5, 0.6) is 0 Å². The summed E-state index contributed by atoms with van der Waals surface area (Å²) in [6.07, 6.45) is 0.443. The maximum atomic E-state index is 11.5. The molecule has 1 aromatic carbocycles. The molecule has 0 aliphatic carbocycles. The van der Waals surface area contributed by atoms with Crippen LogP contribution in [0.25, 0.3) is 0 Å². The van der Waals surface area contributed by atoms with Crippen LogP contribution in [0, 0.1) is 5.41 Å². The zero-order valence-corrected chi connectivity index (χ0v) is 11.9. The van der Waals surface area contributed by atoms with E-state index in [4.69, 9.17) is 5.73 Å². The molecule has 1 aliphatic rings. The summed E-state index contributed by atoms with van der Waals surface area (Å²) in [5.41, 5.74) is 9.18. The Kier molecular flexibility index (Phi) is 3.04. The lowest BCUT2D eigenvalue weighted by atomic mass is 9.82. The topological polar surface area (TPSA) is 55.1 Å². The second kappa shape index (κ2) is 4.10. The standard InChI is InChI=1S/C13H17BrN2O/c1-13(2,3)12(15)9-6-8(14)4-7-5-10(17)16-11(7)9/h4,6,12H,5,15H2,1-3H3,(H,16,17). The van der Waals surface area contributed by atoms with Gasteiger partial charge in [-0.15, -0.1) is 0 Å². The second-order valence-electron chi connectivity index (χ2n) is 5.60. The first-order chi connectivity index (χ1) is 7.79. The van der Waals surface area contributed by atoms with E-state index in [0.717, 1.165) is 21.3 Å². The van der Waals surface area contributed by atoms with Gasteiger partial charge in [-0.2, -0.15) is 0 Å². The van der Waals surface area contributed by atoms with Crippen molar-refractivity contribution >= 4 is 27.5 Å². The highest BCUT2D eigenvalue weighted by molar-refractivity contribution is 9.10. The van der Waals surface area contributed by atoms with Crippen LogP contribution in [-0.4, -0.2) is 5.91 Å². The molecule has 4 heteroatoms. The van der Waals surface area contributed by atoms with Gasteiger partial charge in [-0.1, -0.05) is 36.7 Å². The van der Waals surface area contributed by atoms with E-state index in [0.29, 0.717) is 6.42 Å². The summed E-state index contributed by atoms with van der Waals surface area (Å²) in [7, 11) is 0. The first kappa shape index (κ1) is 12.6. The largest absolute Gasteiger partial charge is 0.325 e. The highest BCUT2D eigenvalue weighted by atomic mass is 79.9. The predicted molar refractivity (Wildman–Crippen MR) is 72.9 cm³/mol. The molecule has 1 aliphatic heterocycles. The van der Waals surface area contributed by atoms with E-state index in [1.54, 1.807) is 0 Å². The summed E-state index contributed by atoms with van der Waals surface area (Å²) in [4.78, 5) is 11.5. The van der Waals surface area contributed by atoms with Gasteiger partial charge in [-0.25, -0.2) is 0 Å². The molecule has 0 saturated carbocycles. The van der Waals surface area contributed by atoms with E-state index in [-0.39, 0.29) is 17.4 Å². The van der Waals surface area contributed by atoms with Crippen molar-refractivity contribution < 1.29 is 4.79 Å². The summed E-state index contributed by atoms with van der Waals surface area (Å²) in [6, 6.07) is 3.87. The Labute approximate surface area is 110 Å². The lowest BCUT2D eigenvalue weighted by Gasteiger charge is -2.29. The zero-order chi connectivity index (χ0) is 12.8. The fourth-order valence-corrected chi connectivity index (χ4v) is 2.57. The molecule has 0 saturated heterocycles. The summed E-state index contributed by atoms with van der Waals surface area (Å²) in [5, 5.41) is 2.91. The summed E-state index contributed by atoms with van der Waals surface area (Å²) >= 11 is 3.48. The SMILES string of the molecule is CC(C)(C)C(N)c1cc(Br)cc2c1NC(=O)C2. The van der Waals surface area contributed by atoms with Gasteiger partial charge in [0.1, 0.15) is 0 Å². The van der Waals surface area contributed by atoms with E-state index >= 15 is 0 Å². The molecule has 0 spiro atoms. The number of nitrogens with one attached hydrogen (secondary N) is 1. The van der Waals surface area contributed by atoms with Gasteiger partial charge in [-0.05, 0) is 28.7 Å². The van der Waals surface area contributed by atoms with Gasteiger partial charge in [0.15, 0.2) is 0 Å². The van der Waals surface area contributed by atoms with E-state index in [2.05, 4.69) is 42.0 Å². The second-order valence-corrected chi connectivity index (χ2v) is 6.51. The molecular formula is C13H17BrN2O. The number of halogens is 1. The molecule has 1 atom stereocenters. The van der Waals surface area contributed by atoms with E-state index in [1.807, 2.05) is 12.1 Å². The number of amides is 1. The monoisotopic (exact) mass is 296 g/mol. The molecule has 2 rings (SSSR count).